The highest BCUT2D eigenvalue weighted by molar-refractivity contribution is 6.06. The van der Waals surface area contributed by atoms with Crippen LogP contribution in [0.3, 0.4) is 0 Å². The van der Waals surface area contributed by atoms with Crippen molar-refractivity contribution in [3.8, 4) is 5.75 Å². The minimum Gasteiger partial charge on any atom is -0.508 e. The molecule has 1 saturated heterocycles. The fraction of sp³-hybridized carbons (Fsp3) is 0.211. The zero-order chi connectivity index (χ0) is 19.0. The Kier molecular flexibility index (Phi) is 4.15. The van der Waals surface area contributed by atoms with Crippen LogP contribution < -0.4 is 5.32 Å². The molecule has 27 heavy (non-hydrogen) atoms. The van der Waals surface area contributed by atoms with E-state index in [1.54, 1.807) is 30.3 Å². The van der Waals surface area contributed by atoms with Gasteiger partial charge in [0.05, 0.1) is 11.4 Å². The highest BCUT2D eigenvalue weighted by Crippen LogP contribution is 2.34. The van der Waals surface area contributed by atoms with E-state index in [4.69, 9.17) is 0 Å². The van der Waals surface area contributed by atoms with Gasteiger partial charge in [0.15, 0.2) is 0 Å². The lowest BCUT2D eigenvalue weighted by atomic mass is 10.0. The lowest BCUT2D eigenvalue weighted by molar-refractivity contribution is -0.136. The van der Waals surface area contributed by atoms with Crippen LogP contribution in [0.2, 0.25) is 0 Å². The van der Waals surface area contributed by atoms with Gasteiger partial charge in [0.2, 0.25) is 11.8 Å². The van der Waals surface area contributed by atoms with Gasteiger partial charge in [-0.2, -0.15) is 10.2 Å². The van der Waals surface area contributed by atoms with Crippen LogP contribution in [0.25, 0.3) is 0 Å². The number of nitrogens with zero attached hydrogens (tertiary/aromatic N) is 3. The van der Waals surface area contributed by atoms with E-state index in [0.29, 0.717) is 28.9 Å². The normalized spacial score (nSPS) is 19.5. The molecule has 2 aliphatic rings. The number of carbonyl (C=O) groups excluding carboxylic acids is 3. The monoisotopic (exact) mass is 364 g/mol. The number of phenols is 1. The van der Waals surface area contributed by atoms with Gasteiger partial charge >= 0.3 is 0 Å². The third-order valence-electron chi connectivity index (χ3n) is 4.68. The molecule has 1 unspecified atom stereocenters. The standard InChI is InChI=1S/C19H16N4O4/c24-12-6-4-11(5-7-12)21-22-15-3-1-2-13-14(15)10-23(19(13)27)16-8-9-17(25)20-18(16)26/h1-7,16,24H,8-10H2,(H,20,25,26). The summed E-state index contributed by atoms with van der Waals surface area (Å²) in [6.45, 7) is 0.241. The summed E-state index contributed by atoms with van der Waals surface area (Å²) in [4.78, 5) is 37.7. The fourth-order valence-corrected chi connectivity index (χ4v) is 3.29. The number of nitrogens with one attached hydrogen (secondary N) is 1. The first kappa shape index (κ1) is 16.9. The van der Waals surface area contributed by atoms with Crippen molar-refractivity contribution >= 4 is 29.1 Å². The first-order chi connectivity index (χ1) is 13.0. The topological polar surface area (TPSA) is 111 Å². The minimum atomic E-state index is -0.663. The molecule has 0 saturated carbocycles. The molecule has 136 valence electrons. The van der Waals surface area contributed by atoms with Crippen LogP contribution in [0.5, 0.6) is 5.75 Å². The molecule has 2 aliphatic heterocycles. The van der Waals surface area contributed by atoms with Crippen molar-refractivity contribution in [1.29, 1.82) is 0 Å². The SMILES string of the molecule is O=C1CCC(N2Cc3c(N=Nc4ccc(O)cc4)cccc3C2=O)C(=O)N1. The highest BCUT2D eigenvalue weighted by atomic mass is 16.3. The number of aromatic hydroxyl groups is 1. The Hall–Kier alpha value is -3.55. The molecule has 8 heteroatoms. The summed E-state index contributed by atoms with van der Waals surface area (Å²) >= 11 is 0. The maximum Gasteiger partial charge on any atom is 0.255 e. The second kappa shape index (κ2) is 6.64. The Morgan fingerprint density at radius 3 is 2.56 bits per heavy atom. The fourth-order valence-electron chi connectivity index (χ4n) is 3.29. The molecular formula is C19H16N4O4. The molecule has 2 heterocycles. The van der Waals surface area contributed by atoms with Crippen LogP contribution in [0.1, 0.15) is 28.8 Å². The average Bonchev–Trinajstić information content (AvgIpc) is 2.99. The number of amides is 3. The van der Waals surface area contributed by atoms with E-state index >= 15 is 0 Å². The maximum absolute atomic E-state index is 12.7. The van der Waals surface area contributed by atoms with Crippen LogP contribution in [-0.4, -0.2) is 33.8 Å². The zero-order valence-corrected chi connectivity index (χ0v) is 14.3. The van der Waals surface area contributed by atoms with Gasteiger partial charge in [0, 0.05) is 24.1 Å². The molecule has 1 fully saturated rings. The Labute approximate surface area is 154 Å². The predicted octanol–water partition coefficient (Wildman–Crippen LogP) is 2.57. The highest BCUT2D eigenvalue weighted by Gasteiger charge is 2.39. The predicted molar refractivity (Wildman–Crippen MR) is 94.8 cm³/mol. The number of benzene rings is 2. The first-order valence-electron chi connectivity index (χ1n) is 8.50. The number of fused-ring (bicyclic) bond motifs is 1. The lowest BCUT2D eigenvalue weighted by Crippen LogP contribution is -2.52. The van der Waals surface area contributed by atoms with Gasteiger partial charge in [-0.25, -0.2) is 0 Å². The van der Waals surface area contributed by atoms with Crippen LogP contribution in [0, 0.1) is 0 Å². The second-order valence-electron chi connectivity index (χ2n) is 6.42. The van der Waals surface area contributed by atoms with Gasteiger partial charge in [-0.3, -0.25) is 19.7 Å². The molecule has 0 bridgehead atoms. The van der Waals surface area contributed by atoms with Crippen molar-refractivity contribution in [3.05, 3.63) is 53.6 Å². The van der Waals surface area contributed by atoms with E-state index in [9.17, 15) is 19.5 Å². The van der Waals surface area contributed by atoms with E-state index in [-0.39, 0.29) is 30.5 Å². The molecule has 2 aromatic carbocycles. The Balaban J connectivity index is 1.60. The van der Waals surface area contributed by atoms with Crippen molar-refractivity contribution in [1.82, 2.24) is 10.2 Å². The Morgan fingerprint density at radius 2 is 1.81 bits per heavy atom. The van der Waals surface area contributed by atoms with Gasteiger partial charge in [-0.1, -0.05) is 6.07 Å². The van der Waals surface area contributed by atoms with Crippen molar-refractivity contribution in [2.45, 2.75) is 25.4 Å². The minimum absolute atomic E-state index is 0.139. The number of carbonyl (C=O) groups is 3. The molecule has 0 aromatic heterocycles. The van der Waals surface area contributed by atoms with Gasteiger partial charge in [0.1, 0.15) is 11.8 Å². The van der Waals surface area contributed by atoms with Crippen LogP contribution in [0.15, 0.2) is 52.7 Å². The third-order valence-corrected chi connectivity index (χ3v) is 4.68. The van der Waals surface area contributed by atoms with Gasteiger partial charge in [-0.15, -0.1) is 0 Å². The van der Waals surface area contributed by atoms with Crippen molar-refractivity contribution in [2.24, 2.45) is 10.2 Å². The third kappa shape index (κ3) is 3.17. The summed E-state index contributed by atoms with van der Waals surface area (Å²) in [6, 6.07) is 10.8. The first-order valence-corrected chi connectivity index (χ1v) is 8.50. The van der Waals surface area contributed by atoms with E-state index in [2.05, 4.69) is 15.5 Å². The lowest BCUT2D eigenvalue weighted by Gasteiger charge is -2.29. The van der Waals surface area contributed by atoms with Crippen LogP contribution >= 0.6 is 0 Å². The summed E-state index contributed by atoms with van der Waals surface area (Å²) in [5.41, 5.74) is 2.30. The average molecular weight is 364 g/mol. The Bertz CT molecular complexity index is 968. The maximum atomic E-state index is 12.7. The molecule has 0 radical (unpaired) electrons. The van der Waals surface area contributed by atoms with Crippen molar-refractivity contribution in [2.75, 3.05) is 0 Å². The molecule has 0 aliphatic carbocycles. The number of hydrogen-bond donors (Lipinski definition) is 2. The number of hydrogen-bond acceptors (Lipinski definition) is 6. The van der Waals surface area contributed by atoms with Crippen molar-refractivity contribution in [3.63, 3.8) is 0 Å². The summed E-state index contributed by atoms with van der Waals surface area (Å²) in [5.74, 6) is -0.871. The van der Waals surface area contributed by atoms with Gasteiger partial charge < -0.3 is 10.0 Å². The van der Waals surface area contributed by atoms with Crippen LogP contribution in [0.4, 0.5) is 11.4 Å². The summed E-state index contributed by atoms with van der Waals surface area (Å²) in [6.07, 6.45) is 0.526. The summed E-state index contributed by atoms with van der Waals surface area (Å²) in [7, 11) is 0. The molecule has 4 rings (SSSR count). The van der Waals surface area contributed by atoms with E-state index in [0.717, 1.165) is 0 Å². The van der Waals surface area contributed by atoms with Crippen LogP contribution in [-0.2, 0) is 16.1 Å². The zero-order valence-electron chi connectivity index (χ0n) is 14.3. The van der Waals surface area contributed by atoms with E-state index in [1.165, 1.54) is 17.0 Å². The number of phenolic OH excluding ortho intramolecular Hbond substituents is 1. The quantitative estimate of drug-likeness (QED) is 0.644. The molecule has 0 spiro atoms. The molecule has 8 nitrogen and oxygen atoms in total. The number of piperidine rings is 1. The van der Waals surface area contributed by atoms with E-state index < -0.39 is 11.9 Å². The summed E-state index contributed by atoms with van der Waals surface area (Å²) in [5, 5.41) is 20.0. The summed E-state index contributed by atoms with van der Waals surface area (Å²) < 4.78 is 0. The smallest absolute Gasteiger partial charge is 0.255 e. The Morgan fingerprint density at radius 1 is 1.04 bits per heavy atom. The molecule has 2 N–H and O–H groups in total. The molecular weight excluding hydrogens is 348 g/mol. The number of imide groups is 1. The van der Waals surface area contributed by atoms with E-state index in [1.807, 2.05) is 0 Å². The number of azo groups is 1. The molecule has 2 aromatic rings. The largest absolute Gasteiger partial charge is 0.508 e. The van der Waals surface area contributed by atoms with Gasteiger partial charge in [-0.05, 0) is 42.8 Å². The van der Waals surface area contributed by atoms with Gasteiger partial charge in [0.25, 0.3) is 5.91 Å². The second-order valence-corrected chi connectivity index (χ2v) is 6.42. The molecule has 3 amide bonds. The number of rotatable bonds is 3. The molecule has 1 atom stereocenters. The van der Waals surface area contributed by atoms with Crippen molar-refractivity contribution < 1.29 is 19.5 Å².